The maximum atomic E-state index is 3.81. The number of para-hydroxylation sites is 1. The Morgan fingerprint density at radius 1 is 0.952 bits per heavy atom. The summed E-state index contributed by atoms with van der Waals surface area (Å²) in [5.74, 6) is 0.664. The SMILES string of the molecule is CCc1cccc(C)c1NC(CC(C)C)c1ccccc1. The molecule has 2 aromatic rings. The Kier molecular flexibility index (Phi) is 5.44. The van der Waals surface area contributed by atoms with E-state index in [1.54, 1.807) is 0 Å². The van der Waals surface area contributed by atoms with Gasteiger partial charge in [0.15, 0.2) is 0 Å². The highest BCUT2D eigenvalue weighted by Crippen LogP contribution is 2.30. The highest BCUT2D eigenvalue weighted by atomic mass is 14.9. The summed E-state index contributed by atoms with van der Waals surface area (Å²) in [4.78, 5) is 0. The van der Waals surface area contributed by atoms with Crippen molar-refractivity contribution >= 4 is 5.69 Å². The summed E-state index contributed by atoms with van der Waals surface area (Å²) in [7, 11) is 0. The van der Waals surface area contributed by atoms with Crippen LogP contribution in [0.5, 0.6) is 0 Å². The molecule has 0 aliphatic carbocycles. The molecule has 0 aliphatic heterocycles. The van der Waals surface area contributed by atoms with Crippen LogP contribution in [0.4, 0.5) is 5.69 Å². The van der Waals surface area contributed by atoms with Gasteiger partial charge in [-0.1, -0.05) is 69.3 Å². The molecule has 21 heavy (non-hydrogen) atoms. The fourth-order valence-corrected chi connectivity index (χ4v) is 2.84. The van der Waals surface area contributed by atoms with Crippen LogP contribution in [0.3, 0.4) is 0 Å². The summed E-state index contributed by atoms with van der Waals surface area (Å²) in [5, 5.41) is 3.81. The first-order valence-electron chi connectivity index (χ1n) is 8.01. The second kappa shape index (κ2) is 7.31. The van der Waals surface area contributed by atoms with Gasteiger partial charge in [0.2, 0.25) is 0 Å². The van der Waals surface area contributed by atoms with E-state index in [2.05, 4.69) is 81.5 Å². The molecule has 1 heteroatoms. The molecular formula is C20H27N. The third kappa shape index (κ3) is 4.10. The van der Waals surface area contributed by atoms with Crippen LogP contribution < -0.4 is 5.32 Å². The smallest absolute Gasteiger partial charge is 0.0516 e. The van der Waals surface area contributed by atoms with E-state index in [0.29, 0.717) is 12.0 Å². The molecule has 0 bridgehead atoms. The fraction of sp³-hybridized carbons (Fsp3) is 0.400. The molecule has 2 rings (SSSR count). The lowest BCUT2D eigenvalue weighted by Crippen LogP contribution is -2.15. The molecule has 0 saturated carbocycles. The van der Waals surface area contributed by atoms with Crippen molar-refractivity contribution in [1.82, 2.24) is 0 Å². The van der Waals surface area contributed by atoms with E-state index >= 15 is 0 Å². The summed E-state index contributed by atoms with van der Waals surface area (Å²) in [6.45, 7) is 8.99. The van der Waals surface area contributed by atoms with Crippen LogP contribution in [0.15, 0.2) is 48.5 Å². The Morgan fingerprint density at radius 3 is 2.29 bits per heavy atom. The quantitative estimate of drug-likeness (QED) is 0.710. The van der Waals surface area contributed by atoms with Gasteiger partial charge in [0.05, 0.1) is 6.04 Å². The molecule has 0 amide bonds. The summed E-state index contributed by atoms with van der Waals surface area (Å²) in [6, 6.07) is 17.7. The lowest BCUT2D eigenvalue weighted by Gasteiger charge is -2.25. The number of hydrogen-bond donors (Lipinski definition) is 1. The third-order valence-electron chi connectivity index (χ3n) is 3.97. The summed E-state index contributed by atoms with van der Waals surface area (Å²) in [6.07, 6.45) is 2.20. The number of aryl methyl sites for hydroxylation is 2. The van der Waals surface area contributed by atoms with Gasteiger partial charge in [0, 0.05) is 5.69 Å². The second-order valence-corrected chi connectivity index (χ2v) is 6.20. The van der Waals surface area contributed by atoms with Gasteiger partial charge in [-0.15, -0.1) is 0 Å². The van der Waals surface area contributed by atoms with Crippen molar-refractivity contribution in [1.29, 1.82) is 0 Å². The first-order chi connectivity index (χ1) is 10.1. The summed E-state index contributed by atoms with van der Waals surface area (Å²) < 4.78 is 0. The Hall–Kier alpha value is -1.76. The van der Waals surface area contributed by atoms with Gasteiger partial charge in [-0.25, -0.2) is 0 Å². The van der Waals surface area contributed by atoms with E-state index in [0.717, 1.165) is 12.8 Å². The van der Waals surface area contributed by atoms with E-state index < -0.39 is 0 Å². The normalized spacial score (nSPS) is 12.4. The van der Waals surface area contributed by atoms with E-state index in [-0.39, 0.29) is 0 Å². The number of hydrogen-bond acceptors (Lipinski definition) is 1. The predicted octanol–water partition coefficient (Wildman–Crippen LogP) is 5.76. The molecule has 1 unspecified atom stereocenters. The van der Waals surface area contributed by atoms with Crippen LogP contribution >= 0.6 is 0 Å². The average Bonchev–Trinajstić information content (AvgIpc) is 2.49. The molecule has 112 valence electrons. The molecule has 2 aromatic carbocycles. The lowest BCUT2D eigenvalue weighted by atomic mass is 9.95. The summed E-state index contributed by atoms with van der Waals surface area (Å²) in [5.41, 5.74) is 5.42. The van der Waals surface area contributed by atoms with Gasteiger partial charge in [-0.3, -0.25) is 0 Å². The number of rotatable bonds is 6. The number of benzene rings is 2. The van der Waals surface area contributed by atoms with Crippen LogP contribution in [-0.4, -0.2) is 0 Å². The minimum atomic E-state index is 0.373. The van der Waals surface area contributed by atoms with Gasteiger partial charge in [0.25, 0.3) is 0 Å². The van der Waals surface area contributed by atoms with Gasteiger partial charge in [0.1, 0.15) is 0 Å². The molecular weight excluding hydrogens is 254 g/mol. The molecule has 0 radical (unpaired) electrons. The Bertz CT molecular complexity index is 557. The van der Waals surface area contributed by atoms with Crippen LogP contribution in [-0.2, 0) is 6.42 Å². The number of anilines is 1. The maximum Gasteiger partial charge on any atom is 0.0516 e. The average molecular weight is 281 g/mol. The first kappa shape index (κ1) is 15.6. The van der Waals surface area contributed by atoms with Crippen molar-refractivity contribution in [3.05, 3.63) is 65.2 Å². The van der Waals surface area contributed by atoms with Crippen LogP contribution in [0, 0.1) is 12.8 Å². The zero-order chi connectivity index (χ0) is 15.2. The summed E-state index contributed by atoms with van der Waals surface area (Å²) >= 11 is 0. The van der Waals surface area contributed by atoms with E-state index in [1.807, 2.05) is 0 Å². The van der Waals surface area contributed by atoms with Crippen molar-refractivity contribution in [3.63, 3.8) is 0 Å². The maximum absolute atomic E-state index is 3.81. The highest BCUT2D eigenvalue weighted by molar-refractivity contribution is 5.58. The molecule has 0 heterocycles. The number of nitrogens with one attached hydrogen (secondary N) is 1. The van der Waals surface area contributed by atoms with Crippen molar-refractivity contribution < 1.29 is 0 Å². The Morgan fingerprint density at radius 2 is 1.67 bits per heavy atom. The van der Waals surface area contributed by atoms with Gasteiger partial charge in [-0.05, 0) is 42.4 Å². The molecule has 1 atom stereocenters. The highest BCUT2D eigenvalue weighted by Gasteiger charge is 2.15. The zero-order valence-electron chi connectivity index (χ0n) is 13.7. The molecule has 0 aliphatic rings. The topological polar surface area (TPSA) is 12.0 Å². The van der Waals surface area contributed by atoms with E-state index in [1.165, 1.54) is 22.4 Å². The predicted molar refractivity (Wildman–Crippen MR) is 92.8 cm³/mol. The van der Waals surface area contributed by atoms with Crippen molar-refractivity contribution in [3.8, 4) is 0 Å². The minimum Gasteiger partial charge on any atom is -0.378 e. The third-order valence-corrected chi connectivity index (χ3v) is 3.97. The van der Waals surface area contributed by atoms with Gasteiger partial charge < -0.3 is 5.32 Å². The van der Waals surface area contributed by atoms with Crippen molar-refractivity contribution in [2.75, 3.05) is 5.32 Å². The molecule has 0 saturated heterocycles. The van der Waals surface area contributed by atoms with Crippen LogP contribution in [0.2, 0.25) is 0 Å². The molecule has 0 fully saturated rings. The lowest BCUT2D eigenvalue weighted by molar-refractivity contribution is 0.530. The molecule has 1 nitrogen and oxygen atoms in total. The second-order valence-electron chi connectivity index (χ2n) is 6.20. The first-order valence-corrected chi connectivity index (χ1v) is 8.01. The van der Waals surface area contributed by atoms with Crippen LogP contribution in [0.1, 0.15) is 49.9 Å². The monoisotopic (exact) mass is 281 g/mol. The standard InChI is InChI=1S/C20H27N/c1-5-17-13-9-10-16(4)20(17)21-19(14-15(2)3)18-11-7-6-8-12-18/h6-13,15,19,21H,5,14H2,1-4H3. The van der Waals surface area contributed by atoms with E-state index in [4.69, 9.17) is 0 Å². The molecule has 1 N–H and O–H groups in total. The Balaban J connectivity index is 2.32. The molecule has 0 aromatic heterocycles. The van der Waals surface area contributed by atoms with Crippen LogP contribution in [0.25, 0.3) is 0 Å². The fourth-order valence-electron chi connectivity index (χ4n) is 2.84. The van der Waals surface area contributed by atoms with Crippen molar-refractivity contribution in [2.24, 2.45) is 5.92 Å². The zero-order valence-corrected chi connectivity index (χ0v) is 13.7. The minimum absolute atomic E-state index is 0.373. The molecule has 0 spiro atoms. The Labute approximate surface area is 129 Å². The van der Waals surface area contributed by atoms with Gasteiger partial charge in [-0.2, -0.15) is 0 Å². The van der Waals surface area contributed by atoms with Gasteiger partial charge >= 0.3 is 0 Å². The largest absolute Gasteiger partial charge is 0.378 e. The van der Waals surface area contributed by atoms with E-state index in [9.17, 15) is 0 Å². The van der Waals surface area contributed by atoms with Crippen molar-refractivity contribution in [2.45, 2.75) is 46.6 Å².